The van der Waals surface area contributed by atoms with Crippen LogP contribution in [0.25, 0.3) is 0 Å². The lowest BCUT2D eigenvalue weighted by Crippen LogP contribution is -2.56. The summed E-state index contributed by atoms with van der Waals surface area (Å²) in [5, 5.41) is 10.3. The van der Waals surface area contributed by atoms with Crippen LogP contribution in [0.2, 0.25) is 0 Å². The maximum atomic E-state index is 12.5. The molecule has 4 aliphatic carbocycles. The second kappa shape index (κ2) is 9.31. The fourth-order valence-electron chi connectivity index (χ4n) is 9.81. The first-order valence-corrected chi connectivity index (χ1v) is 14.4. The largest absolute Gasteiger partial charge is 0.481 e. The first-order valence-electron chi connectivity index (χ1n) is 14.4. The van der Waals surface area contributed by atoms with Crippen LogP contribution in [0.4, 0.5) is 0 Å². The SMILES string of the molecule is CC(=O)OC1CC[C@]2(C)C3=C(CC[C@H]2C1(C)C)[C@]1(C)CC[C@H]([C@@H](CCC=C(C)C)C(=O)O)[C@@]1(C)CC3. The van der Waals surface area contributed by atoms with Gasteiger partial charge in [-0.25, -0.2) is 0 Å². The summed E-state index contributed by atoms with van der Waals surface area (Å²) < 4.78 is 5.84. The van der Waals surface area contributed by atoms with E-state index in [4.69, 9.17) is 4.74 Å². The smallest absolute Gasteiger partial charge is 0.306 e. The lowest BCUT2D eigenvalue weighted by molar-refractivity contribution is -0.167. The number of fused-ring (bicyclic) bond motifs is 4. The summed E-state index contributed by atoms with van der Waals surface area (Å²) in [5.74, 6) is -0.291. The van der Waals surface area contributed by atoms with Crippen LogP contribution in [0.15, 0.2) is 22.8 Å². The molecule has 4 aliphatic rings. The Morgan fingerprint density at radius 3 is 2.28 bits per heavy atom. The number of aliphatic carboxylic acids is 1. The molecule has 0 aromatic carbocycles. The number of esters is 1. The number of ether oxygens (including phenoxy) is 1. The molecule has 1 N–H and O–H groups in total. The highest BCUT2D eigenvalue weighted by Crippen LogP contribution is 2.72. The number of carbonyl (C=O) groups excluding carboxylic acids is 1. The Morgan fingerprint density at radius 1 is 0.972 bits per heavy atom. The molecule has 1 unspecified atom stereocenters. The van der Waals surface area contributed by atoms with Crippen molar-refractivity contribution < 1.29 is 19.4 Å². The van der Waals surface area contributed by atoms with E-state index in [0.29, 0.717) is 5.92 Å². The summed E-state index contributed by atoms with van der Waals surface area (Å²) in [6, 6.07) is 0. The molecule has 0 amide bonds. The van der Waals surface area contributed by atoms with Crippen molar-refractivity contribution in [1.82, 2.24) is 0 Å². The molecular weight excluding hydrogens is 448 g/mol. The van der Waals surface area contributed by atoms with Crippen LogP contribution in [-0.4, -0.2) is 23.1 Å². The van der Waals surface area contributed by atoms with Crippen LogP contribution < -0.4 is 0 Å². The second-order valence-electron chi connectivity index (χ2n) is 14.1. The summed E-state index contributed by atoms with van der Waals surface area (Å²) in [7, 11) is 0. The molecule has 0 bridgehead atoms. The van der Waals surface area contributed by atoms with Crippen LogP contribution in [-0.2, 0) is 14.3 Å². The van der Waals surface area contributed by atoms with Crippen molar-refractivity contribution in [3.05, 3.63) is 22.8 Å². The quantitative estimate of drug-likeness (QED) is 0.297. The summed E-state index contributed by atoms with van der Waals surface area (Å²) >= 11 is 0. The topological polar surface area (TPSA) is 63.6 Å². The Balaban J connectivity index is 1.67. The molecule has 36 heavy (non-hydrogen) atoms. The van der Waals surface area contributed by atoms with Crippen molar-refractivity contribution in [1.29, 1.82) is 0 Å². The highest BCUT2D eigenvalue weighted by Gasteiger charge is 2.64. The number of hydrogen-bond donors (Lipinski definition) is 1. The molecule has 4 nitrogen and oxygen atoms in total. The minimum atomic E-state index is -0.603. The number of hydrogen-bond acceptors (Lipinski definition) is 3. The van der Waals surface area contributed by atoms with Crippen molar-refractivity contribution in [2.24, 2.45) is 39.4 Å². The van der Waals surface area contributed by atoms with E-state index < -0.39 is 5.97 Å². The van der Waals surface area contributed by atoms with Gasteiger partial charge in [-0.05, 0) is 106 Å². The molecular formula is C32H50O4. The zero-order valence-corrected chi connectivity index (χ0v) is 24.1. The summed E-state index contributed by atoms with van der Waals surface area (Å²) in [4.78, 5) is 24.3. The predicted molar refractivity (Wildman–Crippen MR) is 144 cm³/mol. The molecule has 0 radical (unpaired) electrons. The lowest BCUT2D eigenvalue weighted by Gasteiger charge is -2.62. The molecule has 202 valence electrons. The Kier molecular flexibility index (Phi) is 7.10. The predicted octanol–water partition coefficient (Wildman–Crippen LogP) is 8.11. The molecule has 7 atom stereocenters. The number of carbonyl (C=O) groups is 2. The van der Waals surface area contributed by atoms with Crippen molar-refractivity contribution in [3.8, 4) is 0 Å². The first-order chi connectivity index (χ1) is 16.7. The van der Waals surface area contributed by atoms with Gasteiger partial charge in [0.25, 0.3) is 0 Å². The molecule has 2 fully saturated rings. The highest BCUT2D eigenvalue weighted by atomic mass is 16.5. The van der Waals surface area contributed by atoms with Gasteiger partial charge < -0.3 is 9.84 Å². The van der Waals surface area contributed by atoms with Crippen LogP contribution in [0, 0.1) is 39.4 Å². The van der Waals surface area contributed by atoms with Crippen LogP contribution in [0.1, 0.15) is 120 Å². The summed E-state index contributed by atoms with van der Waals surface area (Å²) in [5.41, 5.74) is 4.85. The van der Waals surface area contributed by atoms with Gasteiger partial charge in [-0.15, -0.1) is 0 Å². The van der Waals surface area contributed by atoms with Crippen LogP contribution in [0.3, 0.4) is 0 Å². The fourth-order valence-corrected chi connectivity index (χ4v) is 9.81. The van der Waals surface area contributed by atoms with Crippen molar-refractivity contribution >= 4 is 11.9 Å². The molecule has 0 saturated heterocycles. The van der Waals surface area contributed by atoms with Gasteiger partial charge >= 0.3 is 11.9 Å². The van der Waals surface area contributed by atoms with E-state index in [-0.39, 0.29) is 45.6 Å². The lowest BCUT2D eigenvalue weighted by atomic mass is 9.43. The third-order valence-corrected chi connectivity index (χ3v) is 11.9. The number of allylic oxidation sites excluding steroid dienone is 4. The fraction of sp³-hybridized carbons (Fsp3) is 0.812. The molecule has 0 aromatic rings. The van der Waals surface area contributed by atoms with Gasteiger partial charge in [0, 0.05) is 12.3 Å². The van der Waals surface area contributed by atoms with Gasteiger partial charge in [-0.2, -0.15) is 0 Å². The molecule has 4 heteroatoms. The van der Waals surface area contributed by atoms with E-state index in [9.17, 15) is 14.7 Å². The Morgan fingerprint density at radius 2 is 1.67 bits per heavy atom. The van der Waals surface area contributed by atoms with Crippen LogP contribution in [0.5, 0.6) is 0 Å². The molecule has 0 heterocycles. The Bertz CT molecular complexity index is 969. The third-order valence-electron chi connectivity index (χ3n) is 11.9. The van der Waals surface area contributed by atoms with Gasteiger partial charge in [0.1, 0.15) is 6.10 Å². The first kappa shape index (κ1) is 27.5. The van der Waals surface area contributed by atoms with E-state index in [2.05, 4.69) is 54.5 Å². The Hall–Kier alpha value is -1.58. The number of rotatable bonds is 6. The minimum Gasteiger partial charge on any atom is -0.481 e. The summed E-state index contributed by atoms with van der Waals surface area (Å²) in [6.07, 6.45) is 12.4. The molecule has 0 spiro atoms. The summed E-state index contributed by atoms with van der Waals surface area (Å²) in [6.45, 7) is 17.8. The van der Waals surface area contributed by atoms with Gasteiger partial charge in [-0.1, -0.05) is 57.4 Å². The maximum Gasteiger partial charge on any atom is 0.306 e. The number of carboxylic acid groups (broad SMARTS) is 1. The molecule has 0 aliphatic heterocycles. The van der Waals surface area contributed by atoms with E-state index in [0.717, 1.165) is 64.2 Å². The number of carboxylic acids is 1. The van der Waals surface area contributed by atoms with E-state index in [1.165, 1.54) is 12.5 Å². The molecule has 4 rings (SSSR count). The monoisotopic (exact) mass is 498 g/mol. The van der Waals surface area contributed by atoms with E-state index in [1.807, 2.05) is 0 Å². The van der Waals surface area contributed by atoms with Crippen molar-refractivity contribution in [2.75, 3.05) is 0 Å². The standard InChI is InChI=1S/C32H50O4/c1-20(2)10-9-11-22(28(34)35)23-14-18-32(8)25-12-13-26-29(4,5)27(36-21(3)33)16-17-30(26,6)24(25)15-19-31(23,32)7/h10,22-23,26-27H,9,11-19H2,1-8H3,(H,34,35)/t22-,23-,26+,27?,30-,31-,32+/m1/s1. The van der Waals surface area contributed by atoms with Gasteiger partial charge in [0.05, 0.1) is 5.92 Å². The molecule has 2 saturated carbocycles. The minimum absolute atomic E-state index is 0.00680. The van der Waals surface area contributed by atoms with Crippen molar-refractivity contribution in [2.45, 2.75) is 126 Å². The average Bonchev–Trinajstić information content (AvgIpc) is 3.04. The maximum absolute atomic E-state index is 12.5. The van der Waals surface area contributed by atoms with E-state index >= 15 is 0 Å². The molecule has 0 aromatic heterocycles. The van der Waals surface area contributed by atoms with Gasteiger partial charge in [0.15, 0.2) is 0 Å². The van der Waals surface area contributed by atoms with Crippen LogP contribution >= 0.6 is 0 Å². The van der Waals surface area contributed by atoms with Gasteiger partial charge in [-0.3, -0.25) is 9.59 Å². The average molecular weight is 499 g/mol. The van der Waals surface area contributed by atoms with Gasteiger partial charge in [0.2, 0.25) is 0 Å². The van der Waals surface area contributed by atoms with E-state index in [1.54, 1.807) is 11.1 Å². The highest BCUT2D eigenvalue weighted by molar-refractivity contribution is 5.70. The van der Waals surface area contributed by atoms with Crippen molar-refractivity contribution in [3.63, 3.8) is 0 Å². The zero-order chi connectivity index (χ0) is 26.7. The Labute approximate surface area is 219 Å². The third kappa shape index (κ3) is 4.09. The second-order valence-corrected chi connectivity index (χ2v) is 14.1. The normalized spacial score (nSPS) is 39.9. The zero-order valence-electron chi connectivity index (χ0n) is 24.1.